The Bertz CT molecular complexity index is 407. The molecule has 0 aromatic carbocycles. The van der Waals surface area contributed by atoms with E-state index in [0.29, 0.717) is 24.8 Å². The van der Waals surface area contributed by atoms with E-state index in [2.05, 4.69) is 29.6 Å². The number of methoxy groups -OCH3 is 1. The molecule has 0 aliphatic heterocycles. The van der Waals surface area contributed by atoms with Gasteiger partial charge in [-0.25, -0.2) is 0 Å². The molecule has 1 rings (SSSR count). The van der Waals surface area contributed by atoms with Crippen molar-refractivity contribution in [1.82, 2.24) is 20.4 Å². The maximum absolute atomic E-state index is 11.9. The lowest BCUT2D eigenvalue weighted by Gasteiger charge is -2.04. The average Bonchev–Trinajstić information content (AvgIpc) is 2.75. The topological polar surface area (TPSA) is 68.2 Å². The lowest BCUT2D eigenvalue weighted by Crippen LogP contribution is -2.33. The van der Waals surface area contributed by atoms with Crippen LogP contribution in [0.5, 0.6) is 0 Å². The number of nitrogens with zero attached hydrogens (tertiary/aromatic N) is 2. The maximum Gasteiger partial charge on any atom is 0.271 e. The van der Waals surface area contributed by atoms with Crippen LogP contribution in [0.25, 0.3) is 0 Å². The molecule has 1 aromatic rings. The third-order valence-electron chi connectivity index (χ3n) is 2.81. The summed E-state index contributed by atoms with van der Waals surface area (Å²) in [6, 6.07) is 1.85. The maximum atomic E-state index is 11.9. The summed E-state index contributed by atoms with van der Waals surface area (Å²) in [7, 11) is 3.52. The van der Waals surface area contributed by atoms with Crippen LogP contribution in [0.2, 0.25) is 0 Å². The molecule has 0 unspecified atom stereocenters. The predicted octanol–water partition coefficient (Wildman–Crippen LogP) is 0.931. The molecule has 0 fully saturated rings. The summed E-state index contributed by atoms with van der Waals surface area (Å²) in [5, 5.41) is 10.2. The number of aromatic nitrogens is 2. The molecule has 2 N–H and O–H groups in total. The third-order valence-corrected chi connectivity index (χ3v) is 2.81. The third kappa shape index (κ3) is 5.90. The van der Waals surface area contributed by atoms with E-state index in [9.17, 15) is 4.79 Å². The van der Waals surface area contributed by atoms with Crippen molar-refractivity contribution in [2.45, 2.75) is 19.8 Å². The highest BCUT2D eigenvalue weighted by Gasteiger charge is 2.13. The molecule has 0 spiro atoms. The van der Waals surface area contributed by atoms with E-state index in [0.717, 1.165) is 18.8 Å². The van der Waals surface area contributed by atoms with E-state index in [1.165, 1.54) is 0 Å². The fourth-order valence-electron chi connectivity index (χ4n) is 1.79. The zero-order valence-corrected chi connectivity index (χ0v) is 13.4. The van der Waals surface area contributed by atoms with Gasteiger partial charge in [-0.3, -0.25) is 9.48 Å². The van der Waals surface area contributed by atoms with E-state index in [-0.39, 0.29) is 18.3 Å². The first-order chi connectivity index (χ1) is 9.06. The second-order valence-corrected chi connectivity index (χ2v) is 4.73. The van der Waals surface area contributed by atoms with Crippen LogP contribution in [0.15, 0.2) is 6.07 Å². The van der Waals surface area contributed by atoms with Gasteiger partial charge in [0, 0.05) is 39.5 Å². The number of rotatable bonds is 8. The van der Waals surface area contributed by atoms with Crippen LogP contribution >= 0.6 is 12.4 Å². The monoisotopic (exact) mass is 304 g/mol. The van der Waals surface area contributed by atoms with Gasteiger partial charge in [-0.05, 0) is 12.0 Å². The van der Waals surface area contributed by atoms with Crippen molar-refractivity contribution in [2.75, 3.05) is 33.4 Å². The molecule has 1 heterocycles. The van der Waals surface area contributed by atoms with Crippen LogP contribution in [0.1, 0.15) is 35.9 Å². The van der Waals surface area contributed by atoms with Crippen molar-refractivity contribution in [1.29, 1.82) is 0 Å². The van der Waals surface area contributed by atoms with Gasteiger partial charge in [-0.1, -0.05) is 13.8 Å². The second kappa shape index (κ2) is 9.74. The first-order valence-corrected chi connectivity index (χ1v) is 6.58. The highest BCUT2D eigenvalue weighted by Crippen LogP contribution is 2.14. The fourth-order valence-corrected chi connectivity index (χ4v) is 1.79. The van der Waals surface area contributed by atoms with E-state index in [1.54, 1.807) is 11.8 Å². The lowest BCUT2D eigenvalue weighted by molar-refractivity contribution is 0.0948. The van der Waals surface area contributed by atoms with Gasteiger partial charge >= 0.3 is 0 Å². The van der Waals surface area contributed by atoms with Gasteiger partial charge in [0.05, 0.1) is 6.61 Å². The number of halogens is 1. The highest BCUT2D eigenvalue weighted by atomic mass is 35.5. The molecular formula is C13H25ClN4O2. The van der Waals surface area contributed by atoms with Crippen molar-refractivity contribution < 1.29 is 9.53 Å². The molecule has 1 aromatic heterocycles. The van der Waals surface area contributed by atoms with Crippen molar-refractivity contribution in [3.63, 3.8) is 0 Å². The largest absolute Gasteiger partial charge is 0.383 e. The van der Waals surface area contributed by atoms with Gasteiger partial charge in [0.25, 0.3) is 5.91 Å². The van der Waals surface area contributed by atoms with Gasteiger partial charge in [0.15, 0.2) is 0 Å². The van der Waals surface area contributed by atoms with Crippen LogP contribution in [-0.4, -0.2) is 49.0 Å². The van der Waals surface area contributed by atoms with Gasteiger partial charge in [0.1, 0.15) is 5.69 Å². The minimum absolute atomic E-state index is 0. The Labute approximate surface area is 126 Å². The number of amides is 1. The molecule has 7 heteroatoms. The first-order valence-electron chi connectivity index (χ1n) is 6.58. The van der Waals surface area contributed by atoms with E-state index in [1.807, 2.05) is 13.1 Å². The molecule has 6 nitrogen and oxygen atoms in total. The lowest BCUT2D eigenvalue weighted by atomic mass is 10.1. The summed E-state index contributed by atoms with van der Waals surface area (Å²) < 4.78 is 6.67. The van der Waals surface area contributed by atoms with Gasteiger partial charge in [-0.15, -0.1) is 12.4 Å². The number of ether oxygens (including phenoxy) is 1. The molecule has 1 amide bonds. The first kappa shape index (κ1) is 18.9. The summed E-state index contributed by atoms with van der Waals surface area (Å²) >= 11 is 0. The number of carbonyl (C=O) groups excluding carboxylic acids is 1. The van der Waals surface area contributed by atoms with E-state index >= 15 is 0 Å². The normalized spacial score (nSPS) is 10.4. The minimum Gasteiger partial charge on any atom is -0.383 e. The molecule has 20 heavy (non-hydrogen) atoms. The van der Waals surface area contributed by atoms with Crippen LogP contribution in [0, 0.1) is 0 Å². The van der Waals surface area contributed by atoms with Crippen molar-refractivity contribution in [3.05, 3.63) is 17.5 Å². The van der Waals surface area contributed by atoms with Gasteiger partial charge < -0.3 is 15.4 Å². The summed E-state index contributed by atoms with van der Waals surface area (Å²) in [6.07, 6.45) is 0. The molecular weight excluding hydrogens is 280 g/mol. The standard InChI is InChI=1S/C13H24N4O2.ClH/c1-10(2)12-9-11(16-17(12)3)13(18)15-6-5-14-7-8-19-4;/h9-10,14H,5-8H2,1-4H3,(H,15,18);1H. The summed E-state index contributed by atoms with van der Waals surface area (Å²) in [5.74, 6) is 0.228. The Morgan fingerprint density at radius 3 is 2.65 bits per heavy atom. The fraction of sp³-hybridized carbons (Fsp3) is 0.692. The van der Waals surface area contributed by atoms with Crippen molar-refractivity contribution in [3.8, 4) is 0 Å². The van der Waals surface area contributed by atoms with E-state index in [4.69, 9.17) is 4.74 Å². The Balaban J connectivity index is 0.00000361. The minimum atomic E-state index is -0.129. The van der Waals surface area contributed by atoms with E-state index < -0.39 is 0 Å². The molecule has 0 aliphatic carbocycles. The quantitative estimate of drug-likeness (QED) is 0.701. The number of nitrogens with one attached hydrogen (secondary N) is 2. The molecule has 0 atom stereocenters. The number of hydrogen-bond acceptors (Lipinski definition) is 4. The van der Waals surface area contributed by atoms with Crippen molar-refractivity contribution >= 4 is 18.3 Å². The Kier molecular flexibility index (Phi) is 9.20. The summed E-state index contributed by atoms with van der Waals surface area (Å²) in [4.78, 5) is 11.9. The Morgan fingerprint density at radius 1 is 1.40 bits per heavy atom. The molecule has 0 aliphatic rings. The van der Waals surface area contributed by atoms with Crippen LogP contribution < -0.4 is 10.6 Å². The van der Waals surface area contributed by atoms with Crippen LogP contribution in [0.4, 0.5) is 0 Å². The zero-order chi connectivity index (χ0) is 14.3. The SMILES string of the molecule is COCCNCCNC(=O)c1cc(C(C)C)n(C)n1.Cl. The van der Waals surface area contributed by atoms with Crippen molar-refractivity contribution in [2.24, 2.45) is 7.05 Å². The Hall–Kier alpha value is -1.11. The summed E-state index contributed by atoms with van der Waals surface area (Å²) in [5.41, 5.74) is 1.53. The molecule has 116 valence electrons. The van der Waals surface area contributed by atoms with Gasteiger partial charge in [-0.2, -0.15) is 5.10 Å². The second-order valence-electron chi connectivity index (χ2n) is 4.73. The number of aryl methyl sites for hydroxylation is 1. The van der Waals surface area contributed by atoms with Crippen LogP contribution in [0.3, 0.4) is 0 Å². The highest BCUT2D eigenvalue weighted by molar-refractivity contribution is 5.92. The molecule has 0 bridgehead atoms. The molecule has 0 saturated carbocycles. The number of hydrogen-bond donors (Lipinski definition) is 2. The summed E-state index contributed by atoms with van der Waals surface area (Å²) in [6.45, 7) is 6.92. The molecule has 0 radical (unpaired) electrons. The predicted molar refractivity (Wildman–Crippen MR) is 81.6 cm³/mol. The van der Waals surface area contributed by atoms with Crippen LogP contribution in [-0.2, 0) is 11.8 Å². The molecule has 0 saturated heterocycles. The number of carbonyl (C=O) groups is 1. The zero-order valence-electron chi connectivity index (χ0n) is 12.6. The van der Waals surface area contributed by atoms with Gasteiger partial charge in [0.2, 0.25) is 0 Å². The smallest absolute Gasteiger partial charge is 0.271 e. The average molecular weight is 305 g/mol. The Morgan fingerprint density at radius 2 is 2.10 bits per heavy atom.